The first-order chi connectivity index (χ1) is 7.11. The first kappa shape index (κ1) is 10.3. The molecule has 0 amide bonds. The maximum Gasteiger partial charge on any atom is 0.269 e. The highest BCUT2D eigenvalue weighted by Gasteiger charge is 2.34. The first-order valence-corrected chi connectivity index (χ1v) is 5.21. The zero-order valence-corrected chi connectivity index (χ0v) is 8.69. The van der Waals surface area contributed by atoms with Crippen LogP contribution in [0, 0.1) is 0 Å². The Kier molecular flexibility index (Phi) is 2.59. The zero-order chi connectivity index (χ0) is 10.9. The summed E-state index contributed by atoms with van der Waals surface area (Å²) in [5, 5.41) is 2.69. The van der Waals surface area contributed by atoms with Crippen molar-refractivity contribution in [2.24, 2.45) is 0 Å². The van der Waals surface area contributed by atoms with Crippen LogP contribution >= 0.6 is 0 Å². The fourth-order valence-electron chi connectivity index (χ4n) is 1.77. The van der Waals surface area contributed by atoms with Gasteiger partial charge in [0.2, 0.25) is 0 Å². The second-order valence-electron chi connectivity index (χ2n) is 3.95. The number of nitrogens with one attached hydrogen (secondary N) is 1. The van der Waals surface area contributed by atoms with Crippen LogP contribution in [-0.4, -0.2) is 17.5 Å². The third-order valence-corrected chi connectivity index (χ3v) is 2.51. The van der Waals surface area contributed by atoms with Crippen LogP contribution in [0.1, 0.15) is 24.6 Å². The molecule has 0 saturated heterocycles. The summed E-state index contributed by atoms with van der Waals surface area (Å²) in [5.74, 6) is -2.01. The van der Waals surface area contributed by atoms with Crippen molar-refractivity contribution in [2.75, 3.05) is 11.9 Å². The number of pyridine rings is 1. The van der Waals surface area contributed by atoms with Crippen molar-refractivity contribution in [3.8, 4) is 0 Å². The number of fused-ring (bicyclic) bond motifs is 1. The van der Waals surface area contributed by atoms with E-state index in [1.165, 1.54) is 0 Å². The maximum absolute atomic E-state index is 13.0. The third kappa shape index (κ3) is 2.25. The minimum absolute atomic E-state index is 0.200. The molecule has 0 saturated carbocycles. The Morgan fingerprint density at radius 3 is 3.00 bits per heavy atom. The number of rotatable bonds is 2. The van der Waals surface area contributed by atoms with Gasteiger partial charge < -0.3 is 5.32 Å². The Hall–Kier alpha value is -1.19. The molecule has 2 rings (SSSR count). The molecule has 0 atom stereocenters. The molecule has 0 spiro atoms. The molecular weight excluding hydrogens is 198 g/mol. The minimum Gasteiger partial charge on any atom is -0.364 e. The molecule has 0 radical (unpaired) electrons. The van der Waals surface area contributed by atoms with Gasteiger partial charge in [-0.05, 0) is 12.5 Å². The molecule has 1 aromatic heterocycles. The van der Waals surface area contributed by atoms with Crippen LogP contribution in [0.25, 0.3) is 0 Å². The normalized spacial score (nSPS) is 18.1. The molecule has 0 bridgehead atoms. The molecule has 2 nitrogen and oxygen atoms in total. The summed E-state index contributed by atoms with van der Waals surface area (Å²) in [4.78, 5) is 4.32. The first-order valence-electron chi connectivity index (χ1n) is 5.21. The lowest BCUT2D eigenvalue weighted by atomic mass is 10.0. The molecule has 1 aliphatic heterocycles. The molecule has 0 aliphatic carbocycles. The van der Waals surface area contributed by atoms with Crippen LogP contribution in [0.2, 0.25) is 0 Å². The largest absolute Gasteiger partial charge is 0.364 e. The molecule has 0 unspecified atom stereocenters. The van der Waals surface area contributed by atoms with Gasteiger partial charge in [0.05, 0.1) is 6.54 Å². The minimum atomic E-state index is -2.64. The lowest BCUT2D eigenvalue weighted by Gasteiger charge is -2.25. The highest BCUT2D eigenvalue weighted by Crippen LogP contribution is 2.29. The van der Waals surface area contributed by atoms with Crippen molar-refractivity contribution >= 4 is 5.82 Å². The topological polar surface area (TPSA) is 24.9 Å². The van der Waals surface area contributed by atoms with Gasteiger partial charge >= 0.3 is 0 Å². The standard InChI is InChI=1S/C11H14F2N2/c1-2-3-9-5-4-8-6-11(12,13)7-14-10(8)15-9/h4-5H,2-3,6-7H2,1H3,(H,14,15). The lowest BCUT2D eigenvalue weighted by molar-refractivity contribution is 0.0126. The summed E-state index contributed by atoms with van der Waals surface area (Å²) >= 11 is 0. The van der Waals surface area contributed by atoms with E-state index in [0.29, 0.717) is 11.4 Å². The van der Waals surface area contributed by atoms with E-state index < -0.39 is 5.92 Å². The second-order valence-corrected chi connectivity index (χ2v) is 3.95. The highest BCUT2D eigenvalue weighted by atomic mass is 19.3. The van der Waals surface area contributed by atoms with Crippen molar-refractivity contribution in [3.63, 3.8) is 0 Å². The fraction of sp³-hybridized carbons (Fsp3) is 0.545. The molecule has 4 heteroatoms. The number of aromatic nitrogens is 1. The SMILES string of the molecule is CCCc1ccc2c(n1)NCC(F)(F)C2. The third-order valence-electron chi connectivity index (χ3n) is 2.51. The van der Waals surface area contributed by atoms with Crippen molar-refractivity contribution < 1.29 is 8.78 Å². The van der Waals surface area contributed by atoms with Gasteiger partial charge in [-0.25, -0.2) is 13.8 Å². The number of anilines is 1. The Labute approximate surface area is 87.7 Å². The zero-order valence-electron chi connectivity index (χ0n) is 8.69. The van der Waals surface area contributed by atoms with Crippen LogP contribution < -0.4 is 5.32 Å². The van der Waals surface area contributed by atoms with Gasteiger partial charge in [-0.15, -0.1) is 0 Å². The summed E-state index contributed by atoms with van der Waals surface area (Å²) < 4.78 is 26.1. The number of halogens is 2. The number of aryl methyl sites for hydroxylation is 1. The monoisotopic (exact) mass is 212 g/mol. The predicted molar refractivity (Wildman–Crippen MR) is 55.4 cm³/mol. The summed E-state index contributed by atoms with van der Waals surface area (Å²) in [6, 6.07) is 3.60. The van der Waals surface area contributed by atoms with E-state index in [1.807, 2.05) is 6.07 Å². The van der Waals surface area contributed by atoms with Crippen molar-refractivity contribution in [1.82, 2.24) is 4.98 Å². The molecule has 1 aromatic rings. The summed E-state index contributed by atoms with van der Waals surface area (Å²) in [5.41, 5.74) is 1.58. The predicted octanol–water partition coefficient (Wildman–Crippen LogP) is 2.64. The number of nitrogens with zero attached hydrogens (tertiary/aromatic N) is 1. The molecule has 1 N–H and O–H groups in total. The Morgan fingerprint density at radius 1 is 1.47 bits per heavy atom. The maximum atomic E-state index is 13.0. The fourth-order valence-corrected chi connectivity index (χ4v) is 1.77. The van der Waals surface area contributed by atoms with Crippen LogP contribution in [0.4, 0.5) is 14.6 Å². The smallest absolute Gasteiger partial charge is 0.269 e. The van der Waals surface area contributed by atoms with Crippen LogP contribution in [0.5, 0.6) is 0 Å². The van der Waals surface area contributed by atoms with Crippen molar-refractivity contribution in [3.05, 3.63) is 23.4 Å². The van der Waals surface area contributed by atoms with Gasteiger partial charge in [-0.2, -0.15) is 0 Å². The average molecular weight is 212 g/mol. The number of alkyl halides is 2. The molecule has 0 fully saturated rings. The van der Waals surface area contributed by atoms with Crippen molar-refractivity contribution in [1.29, 1.82) is 0 Å². The van der Waals surface area contributed by atoms with E-state index in [2.05, 4.69) is 17.2 Å². The molecule has 15 heavy (non-hydrogen) atoms. The molecule has 1 aliphatic rings. The van der Waals surface area contributed by atoms with E-state index in [0.717, 1.165) is 18.5 Å². The molecule has 82 valence electrons. The Bertz CT molecular complexity index is 364. The summed E-state index contributed by atoms with van der Waals surface area (Å²) in [6.45, 7) is 1.77. The number of hydrogen-bond donors (Lipinski definition) is 1. The quantitative estimate of drug-likeness (QED) is 0.815. The van der Waals surface area contributed by atoms with E-state index >= 15 is 0 Å². The van der Waals surface area contributed by atoms with Gasteiger partial charge in [0.1, 0.15) is 5.82 Å². The molecule has 2 heterocycles. The van der Waals surface area contributed by atoms with E-state index in [1.54, 1.807) is 6.07 Å². The van der Waals surface area contributed by atoms with Gasteiger partial charge in [-0.1, -0.05) is 19.4 Å². The average Bonchev–Trinajstić information content (AvgIpc) is 2.18. The van der Waals surface area contributed by atoms with Crippen LogP contribution in [-0.2, 0) is 12.8 Å². The van der Waals surface area contributed by atoms with E-state index in [4.69, 9.17) is 0 Å². The van der Waals surface area contributed by atoms with Gasteiger partial charge in [0, 0.05) is 17.7 Å². The van der Waals surface area contributed by atoms with Gasteiger partial charge in [0.15, 0.2) is 0 Å². The Morgan fingerprint density at radius 2 is 2.27 bits per heavy atom. The van der Waals surface area contributed by atoms with Gasteiger partial charge in [0.25, 0.3) is 5.92 Å². The number of hydrogen-bond acceptors (Lipinski definition) is 2. The highest BCUT2D eigenvalue weighted by molar-refractivity contribution is 5.48. The van der Waals surface area contributed by atoms with Gasteiger partial charge in [-0.3, -0.25) is 0 Å². The van der Waals surface area contributed by atoms with E-state index in [9.17, 15) is 8.78 Å². The lowest BCUT2D eigenvalue weighted by Crippen LogP contribution is -2.34. The van der Waals surface area contributed by atoms with Crippen molar-refractivity contribution in [2.45, 2.75) is 32.1 Å². The molecular formula is C11H14F2N2. The second kappa shape index (κ2) is 3.76. The van der Waals surface area contributed by atoms with E-state index in [-0.39, 0.29) is 13.0 Å². The Balaban J connectivity index is 2.24. The van der Waals surface area contributed by atoms with Crippen LogP contribution in [0.15, 0.2) is 12.1 Å². The molecule has 0 aromatic carbocycles. The summed E-state index contributed by atoms with van der Waals surface area (Å²) in [6.07, 6.45) is 1.71. The summed E-state index contributed by atoms with van der Waals surface area (Å²) in [7, 11) is 0. The van der Waals surface area contributed by atoms with Crippen LogP contribution in [0.3, 0.4) is 0 Å².